The number of phosphoric acid groups is 1. The molecule has 3 N–H and O–H groups in total. The zero-order valence-corrected chi connectivity index (χ0v) is 34.1. The molecule has 0 saturated heterocycles. The van der Waals surface area contributed by atoms with Crippen LogP contribution in [-0.4, -0.2) is 65.7 Å². The molecule has 0 heterocycles. The molecule has 3 atom stereocenters. The molecule has 0 aromatic heterocycles. The lowest BCUT2D eigenvalue weighted by atomic mass is 10.1. The van der Waals surface area contributed by atoms with Gasteiger partial charge in [-0.1, -0.05) is 127 Å². The van der Waals surface area contributed by atoms with Gasteiger partial charge >= 0.3 is 19.8 Å². The second-order valence-corrected chi connectivity index (χ2v) is 15.1. The van der Waals surface area contributed by atoms with Gasteiger partial charge in [0.25, 0.3) is 0 Å². The number of phosphoric ester groups is 1. The van der Waals surface area contributed by atoms with Gasteiger partial charge in [-0.25, -0.2) is 4.57 Å². The molecule has 0 bridgehead atoms. The SMILES string of the molecule is CCCCC/C=C\C/C=C\C/C=C\CCCCC(=O)O[C@H](COC(=O)CCCCCCC/C=C\CCCCCCCC)COP(=O)(O)OC[C@@H](O)CO. The highest BCUT2D eigenvalue weighted by Gasteiger charge is 2.27. The van der Waals surface area contributed by atoms with Gasteiger partial charge < -0.3 is 24.6 Å². The van der Waals surface area contributed by atoms with Crippen molar-refractivity contribution in [3.8, 4) is 0 Å². The van der Waals surface area contributed by atoms with Crippen molar-refractivity contribution in [3.63, 3.8) is 0 Å². The van der Waals surface area contributed by atoms with Gasteiger partial charge in [-0.05, 0) is 77.0 Å². The number of ether oxygens (including phenoxy) is 2. The highest BCUT2D eigenvalue weighted by Crippen LogP contribution is 2.43. The number of unbranched alkanes of at least 4 members (excludes halogenated alkanes) is 16. The van der Waals surface area contributed by atoms with E-state index in [9.17, 15) is 24.2 Å². The van der Waals surface area contributed by atoms with Crippen molar-refractivity contribution < 1.29 is 47.8 Å². The van der Waals surface area contributed by atoms with Crippen LogP contribution in [0.4, 0.5) is 0 Å². The Hall–Kier alpha value is -2.07. The van der Waals surface area contributed by atoms with Crippen LogP contribution in [0.25, 0.3) is 0 Å². The molecule has 0 spiro atoms. The number of hydrogen-bond acceptors (Lipinski definition) is 9. The molecule has 0 aliphatic heterocycles. The van der Waals surface area contributed by atoms with E-state index in [1.165, 1.54) is 57.8 Å². The summed E-state index contributed by atoms with van der Waals surface area (Å²) in [5.74, 6) is -0.982. The third kappa shape index (κ3) is 38.0. The molecular formula is C42H75O10P. The number of hydrogen-bond donors (Lipinski definition) is 3. The highest BCUT2D eigenvalue weighted by atomic mass is 31.2. The van der Waals surface area contributed by atoms with Crippen LogP contribution < -0.4 is 0 Å². The Morgan fingerprint density at radius 3 is 1.57 bits per heavy atom. The minimum Gasteiger partial charge on any atom is -0.462 e. The second kappa shape index (κ2) is 38.2. The molecule has 10 nitrogen and oxygen atoms in total. The smallest absolute Gasteiger partial charge is 0.462 e. The van der Waals surface area contributed by atoms with E-state index in [1.54, 1.807) is 0 Å². The van der Waals surface area contributed by atoms with Crippen LogP contribution in [0.15, 0.2) is 48.6 Å². The minimum absolute atomic E-state index is 0.133. The van der Waals surface area contributed by atoms with Gasteiger partial charge in [0.2, 0.25) is 0 Å². The van der Waals surface area contributed by atoms with Crippen molar-refractivity contribution in [2.45, 2.75) is 180 Å². The molecule has 11 heteroatoms. The van der Waals surface area contributed by atoms with Gasteiger partial charge in [-0.15, -0.1) is 0 Å². The maximum absolute atomic E-state index is 12.6. The van der Waals surface area contributed by atoms with Crippen LogP contribution in [0.3, 0.4) is 0 Å². The molecule has 0 aromatic rings. The van der Waals surface area contributed by atoms with Gasteiger partial charge in [-0.2, -0.15) is 0 Å². The fourth-order valence-corrected chi connectivity index (χ4v) is 6.02. The number of esters is 2. The summed E-state index contributed by atoms with van der Waals surface area (Å²) in [6, 6.07) is 0. The molecule has 0 aliphatic carbocycles. The molecule has 0 aromatic carbocycles. The van der Waals surface area contributed by atoms with E-state index in [-0.39, 0.29) is 19.4 Å². The van der Waals surface area contributed by atoms with Crippen molar-refractivity contribution in [1.82, 2.24) is 0 Å². The number of aliphatic hydroxyl groups excluding tert-OH is 2. The Kier molecular flexibility index (Phi) is 36.7. The predicted octanol–water partition coefficient (Wildman–Crippen LogP) is 10.6. The molecule has 0 fully saturated rings. The van der Waals surface area contributed by atoms with Gasteiger partial charge in [-0.3, -0.25) is 18.6 Å². The monoisotopic (exact) mass is 771 g/mol. The largest absolute Gasteiger partial charge is 0.472 e. The Morgan fingerprint density at radius 1 is 0.566 bits per heavy atom. The van der Waals surface area contributed by atoms with Gasteiger partial charge in [0.05, 0.1) is 19.8 Å². The van der Waals surface area contributed by atoms with E-state index in [4.69, 9.17) is 19.1 Å². The van der Waals surface area contributed by atoms with Crippen LogP contribution in [0.5, 0.6) is 0 Å². The molecular weight excluding hydrogens is 695 g/mol. The van der Waals surface area contributed by atoms with Gasteiger partial charge in [0.15, 0.2) is 6.10 Å². The molecule has 0 aliphatic rings. The summed E-state index contributed by atoms with van der Waals surface area (Å²) >= 11 is 0. The summed E-state index contributed by atoms with van der Waals surface area (Å²) in [5, 5.41) is 18.3. The maximum atomic E-state index is 12.6. The Labute approximate surface area is 322 Å². The fraction of sp³-hybridized carbons (Fsp3) is 0.762. The minimum atomic E-state index is -4.63. The topological polar surface area (TPSA) is 149 Å². The van der Waals surface area contributed by atoms with E-state index >= 15 is 0 Å². The standard InChI is InChI=1S/C42H75O10P/c1-3-5-7-9-11-13-15-17-19-21-23-25-27-29-31-33-41(45)49-37-40(38-51-53(47,48)50-36-39(44)35-43)52-42(46)34-32-30-28-26-24-22-20-18-16-14-12-10-8-6-4-2/h12,14,17-20,24,26,39-40,43-44H,3-11,13,15-16,21-23,25,27-38H2,1-2H3,(H,47,48)/b14-12-,19-17-,20-18-,26-24-/t39-,40+/m0/s1. The lowest BCUT2D eigenvalue weighted by Gasteiger charge is -2.20. The quantitative estimate of drug-likeness (QED) is 0.0240. The maximum Gasteiger partial charge on any atom is 0.472 e. The summed E-state index contributed by atoms with van der Waals surface area (Å²) in [7, 11) is -4.63. The Morgan fingerprint density at radius 2 is 0.981 bits per heavy atom. The van der Waals surface area contributed by atoms with E-state index in [1.807, 2.05) is 0 Å². The first-order valence-electron chi connectivity index (χ1n) is 20.6. The number of rotatable bonds is 38. The average molecular weight is 771 g/mol. The zero-order valence-electron chi connectivity index (χ0n) is 33.2. The normalized spacial score (nSPS) is 14.4. The third-order valence-corrected chi connectivity index (χ3v) is 9.41. The van der Waals surface area contributed by atoms with Gasteiger partial charge in [0, 0.05) is 12.8 Å². The molecule has 0 amide bonds. The van der Waals surface area contributed by atoms with Crippen LogP contribution in [0.2, 0.25) is 0 Å². The Balaban J connectivity index is 4.42. The first-order valence-corrected chi connectivity index (χ1v) is 22.1. The lowest BCUT2D eigenvalue weighted by molar-refractivity contribution is -0.161. The predicted molar refractivity (Wildman–Crippen MR) is 214 cm³/mol. The molecule has 0 rings (SSSR count). The number of carbonyl (C=O) groups excluding carboxylic acids is 2. The van der Waals surface area contributed by atoms with Crippen molar-refractivity contribution in [2.75, 3.05) is 26.4 Å². The Bertz CT molecular complexity index is 1030. The van der Waals surface area contributed by atoms with E-state index in [0.29, 0.717) is 12.8 Å². The number of aliphatic hydroxyl groups is 2. The summed E-state index contributed by atoms with van der Waals surface area (Å²) in [6.07, 6.45) is 39.4. The lowest BCUT2D eigenvalue weighted by Crippen LogP contribution is -2.29. The van der Waals surface area contributed by atoms with Crippen molar-refractivity contribution in [2.24, 2.45) is 0 Å². The van der Waals surface area contributed by atoms with E-state index in [2.05, 4.69) is 67.0 Å². The van der Waals surface area contributed by atoms with Crippen LogP contribution in [0.1, 0.15) is 168 Å². The third-order valence-electron chi connectivity index (χ3n) is 8.46. The summed E-state index contributed by atoms with van der Waals surface area (Å²) in [5.41, 5.74) is 0. The van der Waals surface area contributed by atoms with Crippen LogP contribution in [-0.2, 0) is 32.7 Å². The van der Waals surface area contributed by atoms with Crippen molar-refractivity contribution in [1.29, 1.82) is 0 Å². The molecule has 0 saturated carbocycles. The van der Waals surface area contributed by atoms with Crippen LogP contribution >= 0.6 is 7.82 Å². The van der Waals surface area contributed by atoms with E-state index < -0.39 is 51.8 Å². The molecule has 308 valence electrons. The molecule has 1 unspecified atom stereocenters. The highest BCUT2D eigenvalue weighted by molar-refractivity contribution is 7.47. The number of allylic oxidation sites excluding steroid dienone is 8. The second-order valence-electron chi connectivity index (χ2n) is 13.7. The first-order chi connectivity index (χ1) is 25.7. The summed E-state index contributed by atoms with van der Waals surface area (Å²) in [4.78, 5) is 34.9. The fourth-order valence-electron chi connectivity index (χ4n) is 5.23. The summed E-state index contributed by atoms with van der Waals surface area (Å²) in [6.45, 7) is 2.28. The van der Waals surface area contributed by atoms with Crippen molar-refractivity contribution in [3.05, 3.63) is 48.6 Å². The summed E-state index contributed by atoms with van der Waals surface area (Å²) < 4.78 is 32.6. The van der Waals surface area contributed by atoms with Gasteiger partial charge in [0.1, 0.15) is 12.7 Å². The first kappa shape index (κ1) is 50.9. The van der Waals surface area contributed by atoms with Crippen LogP contribution in [0, 0.1) is 0 Å². The van der Waals surface area contributed by atoms with Crippen molar-refractivity contribution >= 4 is 19.8 Å². The molecule has 53 heavy (non-hydrogen) atoms. The van der Waals surface area contributed by atoms with E-state index in [0.717, 1.165) is 70.6 Å². The molecule has 0 radical (unpaired) electrons. The average Bonchev–Trinajstić information content (AvgIpc) is 3.14. The number of carbonyl (C=O) groups is 2. The zero-order chi connectivity index (χ0) is 39.1.